The zero-order chi connectivity index (χ0) is 22.5. The number of carbonyl (C=O) groups is 2. The molecule has 8 nitrogen and oxygen atoms in total. The molecule has 3 rings (SSSR count). The van der Waals surface area contributed by atoms with E-state index in [-0.39, 0.29) is 5.91 Å². The van der Waals surface area contributed by atoms with E-state index in [2.05, 4.69) is 0 Å². The van der Waals surface area contributed by atoms with Crippen LogP contribution in [0.1, 0.15) is 12.5 Å². The van der Waals surface area contributed by atoms with Crippen LogP contribution in [0.4, 0.5) is 5.69 Å². The molecule has 2 aromatic rings. The van der Waals surface area contributed by atoms with Crippen molar-refractivity contribution in [1.82, 2.24) is 4.90 Å². The summed E-state index contributed by atoms with van der Waals surface area (Å²) in [6.45, 7) is 1.97. The van der Waals surface area contributed by atoms with Gasteiger partial charge in [-0.3, -0.25) is 9.69 Å². The molecule has 1 amide bonds. The maximum atomic E-state index is 13.1. The summed E-state index contributed by atoms with van der Waals surface area (Å²) in [5.41, 5.74) is 1.70. The number of aliphatic carboxylic acids is 1. The van der Waals surface area contributed by atoms with Crippen molar-refractivity contribution in [3.8, 4) is 17.2 Å². The number of hydrogen-bond acceptors (Lipinski definition) is 6. The number of methoxy groups -OCH3 is 1. The van der Waals surface area contributed by atoms with Crippen molar-refractivity contribution in [3.63, 3.8) is 0 Å². The maximum Gasteiger partial charge on any atom is 0.341 e. The maximum absolute atomic E-state index is 13.1. The number of rotatable bonds is 8. The first-order valence-corrected chi connectivity index (χ1v) is 9.85. The summed E-state index contributed by atoms with van der Waals surface area (Å²) in [6, 6.07) is 12.1. The largest absolute Gasteiger partial charge is 0.494 e. The molecule has 2 aromatic carbocycles. The molecular formula is C22H22N2O6S. The minimum Gasteiger partial charge on any atom is -0.494 e. The van der Waals surface area contributed by atoms with E-state index in [1.54, 1.807) is 60.5 Å². The van der Waals surface area contributed by atoms with E-state index in [1.165, 1.54) is 12.0 Å². The van der Waals surface area contributed by atoms with Crippen LogP contribution in [0.2, 0.25) is 0 Å². The molecule has 1 N–H and O–H groups in total. The first-order chi connectivity index (χ1) is 14.8. The van der Waals surface area contributed by atoms with Crippen LogP contribution >= 0.6 is 12.2 Å². The Bertz CT molecular complexity index is 1030. The Morgan fingerprint density at radius 3 is 2.45 bits per heavy atom. The quantitative estimate of drug-likeness (QED) is 0.493. The molecule has 162 valence electrons. The minimum absolute atomic E-state index is 0.262. The smallest absolute Gasteiger partial charge is 0.341 e. The summed E-state index contributed by atoms with van der Waals surface area (Å²) in [6.07, 6.45) is 1.69. The Hall–Kier alpha value is -3.59. The van der Waals surface area contributed by atoms with E-state index in [0.717, 1.165) is 0 Å². The molecule has 0 aliphatic carbocycles. The summed E-state index contributed by atoms with van der Waals surface area (Å²) in [7, 11) is 3.18. The van der Waals surface area contributed by atoms with E-state index in [1.807, 2.05) is 6.92 Å². The number of thiocarbonyl (C=S) groups is 1. The molecule has 9 heteroatoms. The minimum atomic E-state index is -1.09. The number of anilines is 1. The second kappa shape index (κ2) is 9.48. The summed E-state index contributed by atoms with van der Waals surface area (Å²) >= 11 is 5.49. The molecule has 0 spiro atoms. The van der Waals surface area contributed by atoms with Gasteiger partial charge in [-0.25, -0.2) is 4.79 Å². The van der Waals surface area contributed by atoms with Gasteiger partial charge in [-0.1, -0.05) is 6.07 Å². The topological polar surface area (TPSA) is 88.5 Å². The van der Waals surface area contributed by atoms with Crippen LogP contribution in [0.25, 0.3) is 6.08 Å². The van der Waals surface area contributed by atoms with Gasteiger partial charge in [0.2, 0.25) is 0 Å². The third kappa shape index (κ3) is 4.77. The van der Waals surface area contributed by atoms with Crippen LogP contribution < -0.4 is 19.1 Å². The summed E-state index contributed by atoms with van der Waals surface area (Å²) in [5.74, 6) is 0.0146. The molecule has 0 saturated carbocycles. The Morgan fingerprint density at radius 2 is 1.84 bits per heavy atom. The van der Waals surface area contributed by atoms with Gasteiger partial charge in [-0.05, 0) is 67.2 Å². The third-order valence-electron chi connectivity index (χ3n) is 4.51. The number of carboxylic acid groups (broad SMARTS) is 1. The highest BCUT2D eigenvalue weighted by molar-refractivity contribution is 7.80. The van der Waals surface area contributed by atoms with Gasteiger partial charge >= 0.3 is 5.97 Å². The van der Waals surface area contributed by atoms with Crippen molar-refractivity contribution < 1.29 is 28.9 Å². The number of carbonyl (C=O) groups excluding carboxylic acids is 1. The van der Waals surface area contributed by atoms with E-state index in [4.69, 9.17) is 31.5 Å². The summed E-state index contributed by atoms with van der Waals surface area (Å²) < 4.78 is 15.9. The number of nitrogens with zero attached hydrogens (tertiary/aromatic N) is 2. The normalized spacial score (nSPS) is 14.9. The van der Waals surface area contributed by atoms with Gasteiger partial charge in [0.1, 0.15) is 11.4 Å². The average molecular weight is 442 g/mol. The second-order valence-corrected chi connectivity index (χ2v) is 6.90. The van der Waals surface area contributed by atoms with Gasteiger partial charge in [0, 0.05) is 7.05 Å². The number of benzene rings is 2. The lowest BCUT2D eigenvalue weighted by Gasteiger charge is -2.16. The molecule has 1 heterocycles. The SMILES string of the molecule is CCOc1ccc(N2C(=O)C(=Cc3ccc(OCC(=O)O)c(OC)c3)N(C)C2=S)cc1. The summed E-state index contributed by atoms with van der Waals surface area (Å²) in [5, 5.41) is 9.14. The molecule has 1 aliphatic heterocycles. The predicted molar refractivity (Wildman–Crippen MR) is 120 cm³/mol. The standard InChI is InChI=1S/C22H22N2O6S/c1-4-29-16-8-6-15(7-9-16)24-21(27)17(23(2)22(24)31)11-14-5-10-18(19(12-14)28-3)30-13-20(25)26/h5-12H,4,13H2,1-3H3,(H,25,26). The van der Waals surface area contributed by atoms with Crippen LogP contribution in [0.15, 0.2) is 48.2 Å². The number of hydrogen-bond donors (Lipinski definition) is 1. The van der Waals surface area contributed by atoms with Crippen LogP contribution in [0.3, 0.4) is 0 Å². The third-order valence-corrected chi connectivity index (χ3v) is 4.97. The van der Waals surface area contributed by atoms with Crippen molar-refractivity contribution in [1.29, 1.82) is 0 Å². The molecule has 1 saturated heterocycles. The number of likely N-dealkylation sites (N-methyl/N-ethyl adjacent to an activating group) is 1. The molecule has 0 radical (unpaired) electrons. The number of ether oxygens (including phenoxy) is 3. The van der Waals surface area contributed by atoms with Gasteiger partial charge in [0.15, 0.2) is 23.2 Å². The zero-order valence-electron chi connectivity index (χ0n) is 17.3. The van der Waals surface area contributed by atoms with Crippen LogP contribution in [0, 0.1) is 0 Å². The number of carboxylic acids is 1. The Kier molecular flexibility index (Phi) is 6.76. The van der Waals surface area contributed by atoms with Crippen LogP contribution in [-0.4, -0.2) is 54.4 Å². The Labute approximate surface area is 185 Å². The Morgan fingerprint density at radius 1 is 1.13 bits per heavy atom. The van der Waals surface area contributed by atoms with Crippen molar-refractivity contribution in [3.05, 3.63) is 53.7 Å². The summed E-state index contributed by atoms with van der Waals surface area (Å²) in [4.78, 5) is 26.9. The second-order valence-electron chi connectivity index (χ2n) is 6.53. The van der Waals surface area contributed by atoms with Gasteiger partial charge in [-0.2, -0.15) is 0 Å². The van der Waals surface area contributed by atoms with Gasteiger partial charge in [0.05, 0.1) is 19.4 Å². The lowest BCUT2D eigenvalue weighted by atomic mass is 10.1. The van der Waals surface area contributed by atoms with Gasteiger partial charge in [0.25, 0.3) is 5.91 Å². The molecule has 0 bridgehead atoms. The van der Waals surface area contributed by atoms with Crippen molar-refractivity contribution in [2.45, 2.75) is 6.92 Å². The molecule has 31 heavy (non-hydrogen) atoms. The van der Waals surface area contributed by atoms with Gasteiger partial charge in [-0.15, -0.1) is 0 Å². The molecule has 0 aromatic heterocycles. The molecule has 0 unspecified atom stereocenters. The number of amides is 1. The fraction of sp³-hybridized carbons (Fsp3) is 0.227. The predicted octanol–water partition coefficient (Wildman–Crippen LogP) is 3.16. The first-order valence-electron chi connectivity index (χ1n) is 9.45. The monoisotopic (exact) mass is 442 g/mol. The highest BCUT2D eigenvalue weighted by Crippen LogP contribution is 2.32. The molecular weight excluding hydrogens is 420 g/mol. The van der Waals surface area contributed by atoms with Crippen molar-refractivity contribution in [2.24, 2.45) is 0 Å². The van der Waals surface area contributed by atoms with E-state index in [9.17, 15) is 9.59 Å². The lowest BCUT2D eigenvalue weighted by molar-refractivity contribution is -0.139. The van der Waals surface area contributed by atoms with Crippen LogP contribution in [-0.2, 0) is 9.59 Å². The highest BCUT2D eigenvalue weighted by atomic mass is 32.1. The van der Waals surface area contributed by atoms with E-state index in [0.29, 0.717) is 45.9 Å². The fourth-order valence-corrected chi connectivity index (χ4v) is 3.32. The van der Waals surface area contributed by atoms with Crippen molar-refractivity contribution in [2.75, 3.05) is 32.3 Å². The zero-order valence-corrected chi connectivity index (χ0v) is 18.1. The lowest BCUT2D eigenvalue weighted by Crippen LogP contribution is -2.31. The van der Waals surface area contributed by atoms with E-state index < -0.39 is 12.6 Å². The Balaban J connectivity index is 1.87. The van der Waals surface area contributed by atoms with Crippen molar-refractivity contribution >= 4 is 41.0 Å². The molecule has 1 aliphatic rings. The molecule has 0 atom stereocenters. The average Bonchev–Trinajstić information content (AvgIpc) is 2.96. The fourth-order valence-electron chi connectivity index (χ4n) is 3.03. The van der Waals surface area contributed by atoms with E-state index >= 15 is 0 Å². The van der Waals surface area contributed by atoms with Crippen LogP contribution in [0.5, 0.6) is 17.2 Å². The highest BCUT2D eigenvalue weighted by Gasteiger charge is 2.36. The first kappa shape index (κ1) is 22.1. The molecule has 1 fully saturated rings. The van der Waals surface area contributed by atoms with Gasteiger partial charge < -0.3 is 24.2 Å².